The molecule has 1 heterocycles. The van der Waals surface area contributed by atoms with Crippen molar-refractivity contribution in [2.45, 2.75) is 0 Å². The summed E-state index contributed by atoms with van der Waals surface area (Å²) in [5.41, 5.74) is 5.37. The van der Waals surface area contributed by atoms with Gasteiger partial charge in [0.25, 0.3) is 0 Å². The van der Waals surface area contributed by atoms with Crippen molar-refractivity contribution in [3.05, 3.63) is 121 Å². The Balaban J connectivity index is 1.69. The van der Waals surface area contributed by atoms with E-state index >= 15 is 0 Å². The first-order valence-electron chi connectivity index (χ1n) is 10.2. The molecule has 0 aliphatic heterocycles. The third-order valence-electron chi connectivity index (χ3n) is 5.18. The van der Waals surface area contributed by atoms with Gasteiger partial charge in [-0.05, 0) is 35.4 Å². The number of nitrogens with zero attached hydrogens (tertiary/aromatic N) is 2. The molecule has 5 rings (SSSR count). The van der Waals surface area contributed by atoms with Gasteiger partial charge in [-0.15, -0.1) is 0 Å². The molecule has 1 aromatic heterocycles. The average molecular weight is 420 g/mol. The number of hydrogen-bond acceptors (Lipinski definition) is 2. The molecule has 0 atom stereocenters. The highest BCUT2D eigenvalue weighted by atomic mass is 19.1. The summed E-state index contributed by atoms with van der Waals surface area (Å²) in [6, 6.07) is 32.9. The minimum atomic E-state index is -0.646. The van der Waals surface area contributed by atoms with Crippen molar-refractivity contribution in [1.82, 2.24) is 9.97 Å². The highest BCUT2D eigenvalue weighted by Crippen LogP contribution is 2.30. The van der Waals surface area contributed by atoms with Crippen LogP contribution in [0, 0.1) is 11.6 Å². The van der Waals surface area contributed by atoms with Crippen molar-refractivity contribution in [2.75, 3.05) is 0 Å². The Hall–Kier alpha value is -4.18. The molecular formula is C28H18F2N2. The molecule has 4 aromatic carbocycles. The van der Waals surface area contributed by atoms with Crippen LogP contribution in [-0.4, -0.2) is 9.97 Å². The lowest BCUT2D eigenvalue weighted by molar-refractivity contribution is 0.584. The minimum absolute atomic E-state index is 0.363. The van der Waals surface area contributed by atoms with Gasteiger partial charge in [-0.2, -0.15) is 0 Å². The van der Waals surface area contributed by atoms with Gasteiger partial charge in [-0.3, -0.25) is 0 Å². The molecule has 5 aromatic rings. The molecule has 154 valence electrons. The van der Waals surface area contributed by atoms with Crippen LogP contribution in [0.1, 0.15) is 0 Å². The summed E-state index contributed by atoms with van der Waals surface area (Å²) in [5, 5.41) is 0. The topological polar surface area (TPSA) is 25.8 Å². The van der Waals surface area contributed by atoms with E-state index in [1.807, 2.05) is 66.7 Å². The van der Waals surface area contributed by atoms with Crippen LogP contribution < -0.4 is 0 Å². The van der Waals surface area contributed by atoms with E-state index in [4.69, 9.17) is 4.98 Å². The Morgan fingerprint density at radius 2 is 0.938 bits per heavy atom. The van der Waals surface area contributed by atoms with Crippen molar-refractivity contribution < 1.29 is 8.78 Å². The van der Waals surface area contributed by atoms with Crippen LogP contribution in [0.25, 0.3) is 45.0 Å². The number of halogens is 2. The maximum Gasteiger partial charge on any atom is 0.160 e. The van der Waals surface area contributed by atoms with Gasteiger partial charge in [0.05, 0.1) is 11.4 Å². The molecule has 0 bridgehead atoms. The summed E-state index contributed by atoms with van der Waals surface area (Å²) >= 11 is 0. The first kappa shape index (κ1) is 19.8. The summed E-state index contributed by atoms with van der Waals surface area (Å²) in [7, 11) is 0. The normalized spacial score (nSPS) is 10.8. The van der Waals surface area contributed by atoms with E-state index in [-0.39, 0.29) is 0 Å². The lowest BCUT2D eigenvalue weighted by atomic mass is 10.0. The third-order valence-corrected chi connectivity index (χ3v) is 5.18. The zero-order chi connectivity index (χ0) is 21.9. The van der Waals surface area contributed by atoms with Crippen molar-refractivity contribution in [3.63, 3.8) is 0 Å². The second-order valence-electron chi connectivity index (χ2n) is 7.43. The number of aromatic nitrogens is 2. The maximum absolute atomic E-state index is 13.9. The standard InChI is InChI=1S/C28H18F2N2/c29-24-15-23(16-25(30)17-24)27-18-26(31-28(32-27)20-10-5-2-6-11-20)22-13-7-12-21(14-22)19-8-3-1-4-9-19/h1-18H. The predicted octanol–water partition coefficient (Wildman–Crippen LogP) is 7.42. The van der Waals surface area contributed by atoms with E-state index in [0.717, 1.165) is 28.3 Å². The van der Waals surface area contributed by atoms with Crippen molar-refractivity contribution in [2.24, 2.45) is 0 Å². The minimum Gasteiger partial charge on any atom is -0.228 e. The zero-order valence-electron chi connectivity index (χ0n) is 17.0. The highest BCUT2D eigenvalue weighted by molar-refractivity contribution is 5.75. The van der Waals surface area contributed by atoms with E-state index in [0.29, 0.717) is 22.8 Å². The molecule has 2 nitrogen and oxygen atoms in total. The smallest absolute Gasteiger partial charge is 0.160 e. The Bertz CT molecular complexity index is 1360. The van der Waals surface area contributed by atoms with Crippen molar-refractivity contribution in [3.8, 4) is 45.0 Å². The first-order chi connectivity index (χ1) is 15.7. The average Bonchev–Trinajstić information content (AvgIpc) is 2.84. The van der Waals surface area contributed by atoms with Crippen LogP contribution >= 0.6 is 0 Å². The van der Waals surface area contributed by atoms with Crippen molar-refractivity contribution >= 4 is 0 Å². The number of benzene rings is 4. The van der Waals surface area contributed by atoms with Crippen LogP contribution in [0.2, 0.25) is 0 Å². The van der Waals surface area contributed by atoms with Gasteiger partial charge < -0.3 is 0 Å². The summed E-state index contributed by atoms with van der Waals surface area (Å²) < 4.78 is 27.8. The molecule has 4 heteroatoms. The quantitative estimate of drug-likeness (QED) is 0.302. The van der Waals surface area contributed by atoms with E-state index in [2.05, 4.69) is 23.2 Å². The largest absolute Gasteiger partial charge is 0.228 e. The third kappa shape index (κ3) is 4.16. The van der Waals surface area contributed by atoms with Crippen LogP contribution in [0.3, 0.4) is 0 Å². The summed E-state index contributed by atoms with van der Waals surface area (Å²) in [6.45, 7) is 0. The Morgan fingerprint density at radius 3 is 1.59 bits per heavy atom. The predicted molar refractivity (Wildman–Crippen MR) is 124 cm³/mol. The second kappa shape index (κ2) is 8.52. The first-order valence-corrected chi connectivity index (χ1v) is 10.2. The Kier molecular flexibility index (Phi) is 5.26. The lowest BCUT2D eigenvalue weighted by Gasteiger charge is -2.11. The molecule has 0 saturated heterocycles. The monoisotopic (exact) mass is 420 g/mol. The second-order valence-corrected chi connectivity index (χ2v) is 7.43. The fraction of sp³-hybridized carbons (Fsp3) is 0. The van der Waals surface area contributed by atoms with E-state index in [1.165, 1.54) is 12.1 Å². The molecule has 0 aliphatic rings. The van der Waals surface area contributed by atoms with Gasteiger partial charge in [-0.25, -0.2) is 18.7 Å². The van der Waals surface area contributed by atoms with E-state index < -0.39 is 11.6 Å². The van der Waals surface area contributed by atoms with Gasteiger partial charge in [0, 0.05) is 22.8 Å². The van der Waals surface area contributed by atoms with Gasteiger partial charge in [0.2, 0.25) is 0 Å². The van der Waals surface area contributed by atoms with Crippen LogP contribution in [0.4, 0.5) is 8.78 Å². The Labute approximate surface area is 184 Å². The fourth-order valence-corrected chi connectivity index (χ4v) is 3.65. The molecule has 32 heavy (non-hydrogen) atoms. The van der Waals surface area contributed by atoms with Crippen molar-refractivity contribution in [1.29, 1.82) is 0 Å². The molecule has 0 saturated carbocycles. The SMILES string of the molecule is Fc1cc(F)cc(-c2cc(-c3cccc(-c4ccccc4)c3)nc(-c3ccccc3)n2)c1. The van der Waals surface area contributed by atoms with Crippen LogP contribution in [-0.2, 0) is 0 Å². The molecule has 0 fully saturated rings. The molecular weight excluding hydrogens is 402 g/mol. The summed E-state index contributed by atoms with van der Waals surface area (Å²) in [4.78, 5) is 9.40. The summed E-state index contributed by atoms with van der Waals surface area (Å²) in [6.07, 6.45) is 0. The lowest BCUT2D eigenvalue weighted by Crippen LogP contribution is -1.96. The Morgan fingerprint density at radius 1 is 0.406 bits per heavy atom. The van der Waals surface area contributed by atoms with Crippen LogP contribution in [0.15, 0.2) is 109 Å². The molecule has 0 radical (unpaired) electrons. The molecule has 0 unspecified atom stereocenters. The molecule has 0 N–H and O–H groups in total. The van der Waals surface area contributed by atoms with Gasteiger partial charge in [0.1, 0.15) is 11.6 Å². The van der Waals surface area contributed by atoms with Gasteiger partial charge in [-0.1, -0.05) is 78.9 Å². The zero-order valence-corrected chi connectivity index (χ0v) is 17.0. The van der Waals surface area contributed by atoms with Gasteiger partial charge >= 0.3 is 0 Å². The number of rotatable bonds is 4. The van der Waals surface area contributed by atoms with Crippen LogP contribution in [0.5, 0.6) is 0 Å². The highest BCUT2D eigenvalue weighted by Gasteiger charge is 2.12. The summed E-state index contributed by atoms with van der Waals surface area (Å²) in [5.74, 6) is -0.798. The molecule has 0 amide bonds. The van der Waals surface area contributed by atoms with Gasteiger partial charge in [0.15, 0.2) is 5.82 Å². The molecule has 0 aliphatic carbocycles. The van der Waals surface area contributed by atoms with E-state index in [9.17, 15) is 8.78 Å². The molecule has 0 spiro atoms. The number of hydrogen-bond donors (Lipinski definition) is 0. The van der Waals surface area contributed by atoms with E-state index in [1.54, 1.807) is 6.07 Å². The maximum atomic E-state index is 13.9. The fourth-order valence-electron chi connectivity index (χ4n) is 3.65.